The van der Waals surface area contributed by atoms with E-state index >= 15 is 0 Å². The van der Waals surface area contributed by atoms with E-state index in [1.165, 1.54) is 12.1 Å². The molecule has 0 bridgehead atoms. The summed E-state index contributed by atoms with van der Waals surface area (Å²) in [6.07, 6.45) is 5.42. The van der Waals surface area contributed by atoms with Crippen molar-refractivity contribution in [2.24, 2.45) is 5.92 Å². The van der Waals surface area contributed by atoms with E-state index in [4.69, 9.17) is 4.98 Å². The molecule has 27 heavy (non-hydrogen) atoms. The molecule has 3 rings (SSSR count). The number of halogens is 1. The van der Waals surface area contributed by atoms with Gasteiger partial charge in [0.2, 0.25) is 5.91 Å². The van der Waals surface area contributed by atoms with Gasteiger partial charge in [-0.15, -0.1) is 0 Å². The van der Waals surface area contributed by atoms with E-state index in [0.717, 1.165) is 48.5 Å². The molecule has 1 aliphatic heterocycles. The number of benzene rings is 1. The first-order valence-electron chi connectivity index (χ1n) is 9.85. The highest BCUT2D eigenvalue weighted by atomic mass is 19.1. The number of aryl methyl sites for hydroxylation is 1. The molecule has 0 saturated carbocycles. The topological polar surface area (TPSA) is 46.1 Å². The van der Waals surface area contributed by atoms with Gasteiger partial charge in [-0.1, -0.05) is 32.4 Å². The van der Waals surface area contributed by atoms with E-state index in [9.17, 15) is 9.18 Å². The van der Waals surface area contributed by atoms with Gasteiger partial charge in [-0.2, -0.15) is 0 Å². The number of amides is 1. The maximum absolute atomic E-state index is 13.3. The Kier molecular flexibility index (Phi) is 6.19. The molecule has 2 heterocycles. The Bertz CT molecular complexity index is 791. The molecule has 2 aromatic rings. The summed E-state index contributed by atoms with van der Waals surface area (Å²) in [6.45, 7) is 7.64. The SMILES string of the molecule is CC[C@H](C)CC(=O)N1CCC[C@H](c2nc(C)ncc2-c2ccc(F)cc2)C1. The molecule has 144 valence electrons. The number of carbonyl (C=O) groups excluding carboxylic acids is 1. The van der Waals surface area contributed by atoms with E-state index < -0.39 is 0 Å². The monoisotopic (exact) mass is 369 g/mol. The van der Waals surface area contributed by atoms with E-state index in [1.807, 2.05) is 18.0 Å². The molecule has 0 radical (unpaired) electrons. The average Bonchev–Trinajstić information content (AvgIpc) is 2.68. The van der Waals surface area contributed by atoms with Crippen LogP contribution < -0.4 is 0 Å². The lowest BCUT2D eigenvalue weighted by atomic mass is 9.89. The van der Waals surface area contributed by atoms with Crippen molar-refractivity contribution in [3.05, 3.63) is 47.8 Å². The summed E-state index contributed by atoms with van der Waals surface area (Å²) in [5, 5.41) is 0. The summed E-state index contributed by atoms with van der Waals surface area (Å²) in [5.41, 5.74) is 2.81. The Balaban J connectivity index is 1.85. The third-order valence-corrected chi connectivity index (χ3v) is 5.47. The molecule has 1 aliphatic rings. The Morgan fingerprint density at radius 3 is 2.78 bits per heavy atom. The van der Waals surface area contributed by atoms with Crippen molar-refractivity contribution in [2.75, 3.05) is 13.1 Å². The second-order valence-corrected chi connectivity index (χ2v) is 7.62. The first kappa shape index (κ1) is 19.5. The van der Waals surface area contributed by atoms with Crippen molar-refractivity contribution in [2.45, 2.75) is 52.4 Å². The van der Waals surface area contributed by atoms with Crippen LogP contribution in [-0.4, -0.2) is 33.9 Å². The van der Waals surface area contributed by atoms with Gasteiger partial charge in [0.25, 0.3) is 0 Å². The van der Waals surface area contributed by atoms with Gasteiger partial charge in [-0.3, -0.25) is 4.79 Å². The van der Waals surface area contributed by atoms with Crippen LogP contribution in [-0.2, 0) is 4.79 Å². The molecule has 5 heteroatoms. The second-order valence-electron chi connectivity index (χ2n) is 7.62. The zero-order valence-corrected chi connectivity index (χ0v) is 16.4. The minimum absolute atomic E-state index is 0.182. The van der Waals surface area contributed by atoms with Crippen molar-refractivity contribution < 1.29 is 9.18 Å². The summed E-state index contributed by atoms with van der Waals surface area (Å²) in [5.74, 6) is 1.30. The molecule has 0 spiro atoms. The molecule has 0 N–H and O–H groups in total. The van der Waals surface area contributed by atoms with Crippen LogP contribution in [0.1, 0.15) is 57.0 Å². The largest absolute Gasteiger partial charge is 0.342 e. The smallest absolute Gasteiger partial charge is 0.222 e. The lowest BCUT2D eigenvalue weighted by molar-refractivity contribution is -0.133. The maximum atomic E-state index is 13.3. The average molecular weight is 369 g/mol. The van der Waals surface area contributed by atoms with Crippen LogP contribution in [0.5, 0.6) is 0 Å². The van der Waals surface area contributed by atoms with Gasteiger partial charge in [-0.05, 0) is 43.4 Å². The van der Waals surface area contributed by atoms with Gasteiger partial charge in [0.1, 0.15) is 11.6 Å². The molecule has 2 atom stereocenters. The van der Waals surface area contributed by atoms with Gasteiger partial charge in [-0.25, -0.2) is 14.4 Å². The number of hydrogen-bond acceptors (Lipinski definition) is 3. The lowest BCUT2D eigenvalue weighted by Crippen LogP contribution is -2.40. The highest BCUT2D eigenvalue weighted by molar-refractivity contribution is 5.76. The van der Waals surface area contributed by atoms with Gasteiger partial charge in [0.15, 0.2) is 0 Å². The third-order valence-electron chi connectivity index (χ3n) is 5.47. The summed E-state index contributed by atoms with van der Waals surface area (Å²) in [4.78, 5) is 23.7. The van der Waals surface area contributed by atoms with E-state index in [-0.39, 0.29) is 17.6 Å². The fourth-order valence-corrected chi connectivity index (χ4v) is 3.65. The normalized spacial score (nSPS) is 18.4. The molecule has 4 nitrogen and oxygen atoms in total. The maximum Gasteiger partial charge on any atom is 0.222 e. The Morgan fingerprint density at radius 2 is 2.07 bits per heavy atom. The second kappa shape index (κ2) is 8.59. The Labute approximate surface area is 160 Å². The molecular formula is C22H28FN3O. The summed E-state index contributed by atoms with van der Waals surface area (Å²) < 4.78 is 13.3. The van der Waals surface area contributed by atoms with E-state index in [1.54, 1.807) is 12.1 Å². The molecule has 1 aromatic carbocycles. The fourth-order valence-electron chi connectivity index (χ4n) is 3.65. The minimum atomic E-state index is -0.257. The molecule has 1 fully saturated rings. The zero-order chi connectivity index (χ0) is 19.4. The highest BCUT2D eigenvalue weighted by Gasteiger charge is 2.28. The van der Waals surface area contributed by atoms with Crippen LogP contribution in [0, 0.1) is 18.7 Å². The van der Waals surface area contributed by atoms with Gasteiger partial charge >= 0.3 is 0 Å². The van der Waals surface area contributed by atoms with Crippen LogP contribution in [0.15, 0.2) is 30.5 Å². The van der Waals surface area contributed by atoms with Crippen molar-refractivity contribution in [3.63, 3.8) is 0 Å². The van der Waals surface area contributed by atoms with Crippen LogP contribution in [0.4, 0.5) is 4.39 Å². The number of carbonyl (C=O) groups is 1. The zero-order valence-electron chi connectivity index (χ0n) is 16.4. The van der Waals surface area contributed by atoms with Crippen LogP contribution in [0.25, 0.3) is 11.1 Å². The number of nitrogens with zero attached hydrogens (tertiary/aromatic N) is 3. The number of rotatable bonds is 5. The predicted molar refractivity (Wildman–Crippen MR) is 105 cm³/mol. The number of piperidine rings is 1. The molecule has 1 aromatic heterocycles. The number of aromatic nitrogens is 2. The Morgan fingerprint density at radius 1 is 1.33 bits per heavy atom. The van der Waals surface area contributed by atoms with Crippen LogP contribution >= 0.6 is 0 Å². The standard InChI is InChI=1S/C22H28FN3O/c1-4-15(2)12-21(27)26-11-5-6-18(14-26)22-20(13-24-16(3)25-22)17-7-9-19(23)10-8-17/h7-10,13,15,18H,4-6,11-12,14H2,1-3H3/t15-,18-/m0/s1. The van der Waals surface area contributed by atoms with E-state index in [0.29, 0.717) is 18.9 Å². The van der Waals surface area contributed by atoms with Gasteiger partial charge in [0, 0.05) is 37.2 Å². The van der Waals surface area contributed by atoms with Crippen molar-refractivity contribution in [3.8, 4) is 11.1 Å². The molecule has 1 saturated heterocycles. The fraction of sp³-hybridized carbons (Fsp3) is 0.500. The van der Waals surface area contributed by atoms with E-state index in [2.05, 4.69) is 18.8 Å². The summed E-state index contributed by atoms with van der Waals surface area (Å²) in [6, 6.07) is 6.45. The number of hydrogen-bond donors (Lipinski definition) is 0. The summed E-state index contributed by atoms with van der Waals surface area (Å²) in [7, 11) is 0. The first-order chi connectivity index (χ1) is 13.0. The van der Waals surface area contributed by atoms with Crippen LogP contribution in [0.2, 0.25) is 0 Å². The molecule has 0 unspecified atom stereocenters. The molecule has 1 amide bonds. The summed E-state index contributed by atoms with van der Waals surface area (Å²) >= 11 is 0. The van der Waals surface area contributed by atoms with Gasteiger partial charge in [0.05, 0.1) is 5.69 Å². The van der Waals surface area contributed by atoms with Crippen molar-refractivity contribution in [1.82, 2.24) is 14.9 Å². The quantitative estimate of drug-likeness (QED) is 0.765. The van der Waals surface area contributed by atoms with Crippen LogP contribution in [0.3, 0.4) is 0 Å². The van der Waals surface area contributed by atoms with Crippen molar-refractivity contribution >= 4 is 5.91 Å². The molecule has 0 aliphatic carbocycles. The highest BCUT2D eigenvalue weighted by Crippen LogP contribution is 2.33. The minimum Gasteiger partial charge on any atom is -0.342 e. The lowest BCUT2D eigenvalue weighted by Gasteiger charge is -2.34. The number of likely N-dealkylation sites (tertiary alicyclic amines) is 1. The molecular weight excluding hydrogens is 341 g/mol. The Hall–Kier alpha value is -2.30. The predicted octanol–water partition coefficient (Wildman–Crippen LogP) is 4.73. The van der Waals surface area contributed by atoms with Crippen molar-refractivity contribution in [1.29, 1.82) is 0 Å². The third kappa shape index (κ3) is 4.71. The van der Waals surface area contributed by atoms with Gasteiger partial charge < -0.3 is 4.90 Å². The first-order valence-corrected chi connectivity index (χ1v) is 9.85.